The van der Waals surface area contributed by atoms with Crippen molar-refractivity contribution in [2.24, 2.45) is 10.7 Å². The van der Waals surface area contributed by atoms with E-state index in [9.17, 15) is 18.0 Å². The third-order valence-corrected chi connectivity index (χ3v) is 7.34. The summed E-state index contributed by atoms with van der Waals surface area (Å²) in [7, 11) is 0. The second-order valence-corrected chi connectivity index (χ2v) is 11.6. The topological polar surface area (TPSA) is 84.0 Å². The first-order valence-corrected chi connectivity index (χ1v) is 13.7. The van der Waals surface area contributed by atoms with E-state index in [4.69, 9.17) is 22.1 Å². The fraction of sp³-hybridized carbons (Fsp3) is 0.321. The van der Waals surface area contributed by atoms with E-state index in [1.807, 2.05) is 32.9 Å². The fourth-order valence-electron chi connectivity index (χ4n) is 3.85. The van der Waals surface area contributed by atoms with Gasteiger partial charge in [0.05, 0.1) is 21.3 Å². The van der Waals surface area contributed by atoms with Crippen LogP contribution in [0.4, 0.5) is 29.5 Å². The minimum Gasteiger partial charge on any atom is -0.444 e. The average Bonchev–Trinajstić information content (AvgIpc) is 3.38. The Morgan fingerprint density at radius 3 is 2.38 bits per heavy atom. The molecule has 1 fully saturated rings. The van der Waals surface area contributed by atoms with Crippen LogP contribution in [-0.4, -0.2) is 59.6 Å². The number of carbonyl (C=O) groups is 1. The molecule has 0 aliphatic carbocycles. The number of pyridine rings is 1. The van der Waals surface area contributed by atoms with Gasteiger partial charge in [0.25, 0.3) is 0 Å². The minimum atomic E-state index is -4.69. The second kappa shape index (κ2) is 11.9. The highest BCUT2D eigenvalue weighted by atomic mass is 35.5. The number of piperazine rings is 1. The van der Waals surface area contributed by atoms with E-state index >= 15 is 0 Å². The molecule has 2 N–H and O–H groups in total. The van der Waals surface area contributed by atoms with Gasteiger partial charge >= 0.3 is 12.3 Å². The number of aliphatic imine (C=N–C) groups is 1. The largest absolute Gasteiger partial charge is 0.444 e. The van der Waals surface area contributed by atoms with Gasteiger partial charge in [-0.3, -0.25) is 0 Å². The maximum Gasteiger partial charge on any atom is 0.430 e. The average molecular weight is 592 g/mol. The van der Waals surface area contributed by atoms with Crippen molar-refractivity contribution in [2.45, 2.75) is 32.5 Å². The molecular formula is C28H29ClF3N5O2S. The molecule has 1 aromatic carbocycles. The number of benzene rings is 1. The van der Waals surface area contributed by atoms with Crippen molar-refractivity contribution in [3.05, 3.63) is 76.4 Å². The number of ether oxygens (including phenoxy) is 1. The van der Waals surface area contributed by atoms with Gasteiger partial charge in [0.1, 0.15) is 17.1 Å². The molecule has 0 spiro atoms. The van der Waals surface area contributed by atoms with Crippen LogP contribution in [0.2, 0.25) is 5.02 Å². The molecule has 0 unspecified atom stereocenters. The molecule has 1 amide bonds. The van der Waals surface area contributed by atoms with E-state index in [1.54, 1.807) is 47.5 Å². The Hall–Kier alpha value is -3.57. The number of nitrogens with zero attached hydrogens (tertiary/aromatic N) is 4. The highest BCUT2D eigenvalue weighted by Crippen LogP contribution is 2.32. The standard InChI is InChI=1S/C28H29ClF3N5O2S/c1-27(2,3)39-26(38)37-14-12-36(13-15-37)25-11-8-18(17-34-25)22-9-10-23(40-22)21(16-24(33)28(30,31)32)35-20-7-5-4-6-19(20)29/h4-11,16-17H,12-15,33H2,1-3H3/b24-16-,35-21?. The van der Waals surface area contributed by atoms with Crippen molar-refractivity contribution in [1.29, 1.82) is 0 Å². The summed E-state index contributed by atoms with van der Waals surface area (Å²) in [6.45, 7) is 7.79. The number of amides is 1. The number of aromatic nitrogens is 1. The van der Waals surface area contributed by atoms with Crippen molar-refractivity contribution < 1.29 is 22.7 Å². The SMILES string of the molecule is CC(C)(C)OC(=O)N1CCN(c2ccc(-c3ccc(C(/C=C(\N)C(F)(F)F)=Nc4ccccc4Cl)s3)cn2)CC1. The summed E-state index contributed by atoms with van der Waals surface area (Å²) in [6.07, 6.45) is -2.49. The summed E-state index contributed by atoms with van der Waals surface area (Å²) in [6, 6.07) is 13.9. The van der Waals surface area contributed by atoms with Crippen LogP contribution < -0.4 is 10.6 Å². The van der Waals surface area contributed by atoms with Gasteiger partial charge < -0.3 is 20.3 Å². The molecule has 12 heteroatoms. The Bertz CT molecular complexity index is 1410. The number of nitrogens with two attached hydrogens (primary N) is 1. The normalized spacial score (nSPS) is 15.4. The van der Waals surface area contributed by atoms with Crippen LogP contribution in [0.1, 0.15) is 25.6 Å². The molecule has 3 heterocycles. The van der Waals surface area contributed by atoms with Crippen molar-refractivity contribution in [3.63, 3.8) is 0 Å². The highest BCUT2D eigenvalue weighted by molar-refractivity contribution is 7.17. The number of anilines is 1. The zero-order chi connectivity index (χ0) is 29.1. The summed E-state index contributed by atoms with van der Waals surface area (Å²) < 4.78 is 45.1. The van der Waals surface area contributed by atoms with Gasteiger partial charge in [0, 0.05) is 42.8 Å². The molecule has 212 valence electrons. The van der Waals surface area contributed by atoms with Crippen molar-refractivity contribution in [2.75, 3.05) is 31.1 Å². The summed E-state index contributed by atoms with van der Waals surface area (Å²) in [4.78, 5) is 26.4. The van der Waals surface area contributed by atoms with Crippen LogP contribution in [0.3, 0.4) is 0 Å². The van der Waals surface area contributed by atoms with E-state index in [0.717, 1.165) is 22.3 Å². The number of thiophene rings is 1. The number of hydrogen-bond acceptors (Lipinski definition) is 7. The molecule has 0 radical (unpaired) electrons. The maximum absolute atomic E-state index is 13.2. The third-order valence-electron chi connectivity index (χ3n) is 5.86. The Labute approximate surface area is 239 Å². The molecule has 0 bridgehead atoms. The van der Waals surface area contributed by atoms with Crippen molar-refractivity contribution in [3.8, 4) is 10.4 Å². The zero-order valence-corrected chi connectivity index (χ0v) is 23.8. The molecule has 40 heavy (non-hydrogen) atoms. The summed E-state index contributed by atoms with van der Waals surface area (Å²) in [5.41, 5.74) is 4.70. The lowest BCUT2D eigenvalue weighted by molar-refractivity contribution is -0.0925. The molecule has 0 saturated carbocycles. The van der Waals surface area contributed by atoms with Crippen LogP contribution in [0.5, 0.6) is 0 Å². The highest BCUT2D eigenvalue weighted by Gasteiger charge is 2.32. The smallest absolute Gasteiger partial charge is 0.430 e. The minimum absolute atomic E-state index is 0.0478. The molecular weight excluding hydrogens is 563 g/mol. The summed E-state index contributed by atoms with van der Waals surface area (Å²) in [5, 5.41) is 0.308. The Kier molecular flexibility index (Phi) is 8.74. The molecule has 3 aromatic rings. The van der Waals surface area contributed by atoms with Gasteiger partial charge in [-0.15, -0.1) is 11.3 Å². The number of alkyl halides is 3. The van der Waals surface area contributed by atoms with Crippen LogP contribution in [-0.2, 0) is 4.74 Å². The molecule has 2 aromatic heterocycles. The van der Waals surface area contributed by atoms with Gasteiger partial charge in [-0.05, 0) is 63.2 Å². The molecule has 1 saturated heterocycles. The van der Waals surface area contributed by atoms with E-state index in [-0.39, 0.29) is 11.8 Å². The maximum atomic E-state index is 13.2. The van der Waals surface area contributed by atoms with Gasteiger partial charge in [0.2, 0.25) is 0 Å². The van der Waals surface area contributed by atoms with Gasteiger partial charge in [0.15, 0.2) is 0 Å². The molecule has 0 atom stereocenters. The number of carbonyl (C=O) groups excluding carboxylic acids is 1. The van der Waals surface area contributed by atoms with Crippen LogP contribution in [0.15, 0.2) is 71.5 Å². The fourth-order valence-corrected chi connectivity index (χ4v) is 4.99. The first-order chi connectivity index (χ1) is 18.8. The predicted octanol–water partition coefficient (Wildman–Crippen LogP) is 7.05. The number of halogens is 4. The number of allylic oxidation sites excluding steroid dienone is 2. The predicted molar refractivity (Wildman–Crippen MR) is 154 cm³/mol. The first kappa shape index (κ1) is 29.4. The summed E-state index contributed by atoms with van der Waals surface area (Å²) in [5.74, 6) is 0.770. The van der Waals surface area contributed by atoms with E-state index in [1.165, 1.54) is 11.3 Å². The lowest BCUT2D eigenvalue weighted by atomic mass is 10.2. The van der Waals surface area contributed by atoms with Crippen LogP contribution in [0.25, 0.3) is 10.4 Å². The summed E-state index contributed by atoms with van der Waals surface area (Å²) >= 11 is 7.46. The van der Waals surface area contributed by atoms with Crippen LogP contribution in [0, 0.1) is 0 Å². The van der Waals surface area contributed by atoms with Crippen molar-refractivity contribution in [1.82, 2.24) is 9.88 Å². The number of para-hydroxylation sites is 1. The van der Waals surface area contributed by atoms with E-state index in [0.29, 0.717) is 41.8 Å². The van der Waals surface area contributed by atoms with Gasteiger partial charge in [-0.25, -0.2) is 14.8 Å². The molecule has 7 nitrogen and oxygen atoms in total. The van der Waals surface area contributed by atoms with Gasteiger partial charge in [-0.2, -0.15) is 13.2 Å². The van der Waals surface area contributed by atoms with Gasteiger partial charge in [-0.1, -0.05) is 23.7 Å². The molecule has 1 aliphatic heterocycles. The second-order valence-electron chi connectivity index (χ2n) is 10.1. The number of hydrogen-bond donors (Lipinski definition) is 1. The van der Waals surface area contributed by atoms with E-state index < -0.39 is 17.5 Å². The van der Waals surface area contributed by atoms with E-state index in [2.05, 4.69) is 14.9 Å². The quantitative estimate of drug-likeness (QED) is 0.322. The van der Waals surface area contributed by atoms with Crippen LogP contribution >= 0.6 is 22.9 Å². The molecule has 4 rings (SSSR count). The Morgan fingerprint density at radius 2 is 1.77 bits per heavy atom. The van der Waals surface area contributed by atoms with Crippen molar-refractivity contribution >= 4 is 46.2 Å². The third kappa shape index (κ3) is 7.54. The monoisotopic (exact) mass is 591 g/mol. The number of rotatable bonds is 5. The first-order valence-electron chi connectivity index (χ1n) is 12.5. The molecule has 1 aliphatic rings. The lowest BCUT2D eigenvalue weighted by Crippen LogP contribution is -2.50. The zero-order valence-electron chi connectivity index (χ0n) is 22.2. The Balaban J connectivity index is 1.51. The Morgan fingerprint density at radius 1 is 1.07 bits per heavy atom. The lowest BCUT2D eigenvalue weighted by Gasteiger charge is -2.36.